The van der Waals surface area contributed by atoms with Gasteiger partial charge >= 0.3 is 0 Å². The first kappa shape index (κ1) is 12.6. The maximum Gasteiger partial charge on any atom is 0.194 e. The second-order valence-electron chi connectivity index (χ2n) is 5.28. The van der Waals surface area contributed by atoms with Gasteiger partial charge in [0.2, 0.25) is 0 Å². The summed E-state index contributed by atoms with van der Waals surface area (Å²) in [6.07, 6.45) is 5.30. The Bertz CT molecular complexity index is 350. The van der Waals surface area contributed by atoms with Crippen LogP contribution in [0.4, 0.5) is 0 Å². The molecular formula is C13H23N3O. The number of piperidine rings is 1. The fourth-order valence-electron chi connectivity index (χ4n) is 2.45. The highest BCUT2D eigenvalue weighted by Crippen LogP contribution is 2.21. The molecule has 0 spiro atoms. The molecule has 1 fully saturated rings. The Morgan fingerprint density at radius 2 is 2.47 bits per heavy atom. The van der Waals surface area contributed by atoms with Gasteiger partial charge in [-0.15, -0.1) is 0 Å². The third-order valence-electron chi connectivity index (χ3n) is 3.61. The first-order valence-corrected chi connectivity index (χ1v) is 6.52. The summed E-state index contributed by atoms with van der Waals surface area (Å²) in [6, 6.07) is 0. The van der Waals surface area contributed by atoms with Crippen molar-refractivity contribution in [3.63, 3.8) is 0 Å². The molecule has 0 aromatic carbocycles. The Balaban J connectivity index is 1.92. The third kappa shape index (κ3) is 3.30. The smallest absolute Gasteiger partial charge is 0.194 e. The molecule has 96 valence electrons. The molecule has 0 saturated carbocycles. The van der Waals surface area contributed by atoms with Crippen LogP contribution in [0, 0.1) is 5.92 Å². The van der Waals surface area contributed by atoms with Gasteiger partial charge in [-0.1, -0.05) is 6.92 Å². The maximum atomic E-state index is 5.63. The van der Waals surface area contributed by atoms with Crippen molar-refractivity contribution in [1.29, 1.82) is 0 Å². The van der Waals surface area contributed by atoms with Crippen molar-refractivity contribution in [3.05, 3.63) is 17.8 Å². The molecule has 0 radical (unpaired) electrons. The summed E-state index contributed by atoms with van der Waals surface area (Å²) < 4.78 is 5.54. The SMILES string of the molecule is CC(CN)c1coc(CC2CCCN(C)C2)n1. The van der Waals surface area contributed by atoms with E-state index in [1.807, 2.05) is 0 Å². The Morgan fingerprint density at radius 3 is 3.18 bits per heavy atom. The first-order chi connectivity index (χ1) is 8.19. The lowest BCUT2D eigenvalue weighted by atomic mass is 9.95. The van der Waals surface area contributed by atoms with Gasteiger partial charge in [0.05, 0.1) is 5.69 Å². The predicted molar refractivity (Wildman–Crippen MR) is 67.9 cm³/mol. The van der Waals surface area contributed by atoms with Crippen LogP contribution in [0.2, 0.25) is 0 Å². The Hall–Kier alpha value is -0.870. The molecule has 0 amide bonds. The number of nitrogens with zero attached hydrogens (tertiary/aromatic N) is 2. The van der Waals surface area contributed by atoms with E-state index in [1.54, 1.807) is 6.26 Å². The summed E-state index contributed by atoms with van der Waals surface area (Å²) in [4.78, 5) is 6.92. The fraction of sp³-hybridized carbons (Fsp3) is 0.769. The maximum absolute atomic E-state index is 5.63. The second kappa shape index (κ2) is 5.65. The lowest BCUT2D eigenvalue weighted by Gasteiger charge is -2.28. The van der Waals surface area contributed by atoms with Gasteiger partial charge in [0.15, 0.2) is 5.89 Å². The van der Waals surface area contributed by atoms with E-state index in [0.29, 0.717) is 18.4 Å². The van der Waals surface area contributed by atoms with Gasteiger partial charge in [0.25, 0.3) is 0 Å². The molecule has 0 aliphatic carbocycles. The van der Waals surface area contributed by atoms with Crippen LogP contribution in [0.15, 0.2) is 10.7 Å². The van der Waals surface area contributed by atoms with Crippen molar-refractivity contribution in [2.75, 3.05) is 26.7 Å². The topological polar surface area (TPSA) is 55.3 Å². The van der Waals surface area contributed by atoms with E-state index in [-0.39, 0.29) is 0 Å². The molecule has 1 aromatic heterocycles. The van der Waals surface area contributed by atoms with E-state index in [4.69, 9.17) is 10.2 Å². The third-order valence-corrected chi connectivity index (χ3v) is 3.61. The fourth-order valence-corrected chi connectivity index (χ4v) is 2.45. The Kier molecular flexibility index (Phi) is 4.18. The van der Waals surface area contributed by atoms with Gasteiger partial charge in [-0.25, -0.2) is 4.98 Å². The van der Waals surface area contributed by atoms with Crippen molar-refractivity contribution in [2.24, 2.45) is 11.7 Å². The molecular weight excluding hydrogens is 214 g/mol. The summed E-state index contributed by atoms with van der Waals surface area (Å²) in [5, 5.41) is 0. The van der Waals surface area contributed by atoms with Crippen LogP contribution in [0.5, 0.6) is 0 Å². The van der Waals surface area contributed by atoms with Gasteiger partial charge in [0.1, 0.15) is 6.26 Å². The number of nitrogens with two attached hydrogens (primary N) is 1. The number of aromatic nitrogens is 1. The Morgan fingerprint density at radius 1 is 1.65 bits per heavy atom. The zero-order valence-electron chi connectivity index (χ0n) is 10.9. The largest absolute Gasteiger partial charge is 0.449 e. The molecule has 1 aromatic rings. The zero-order valence-corrected chi connectivity index (χ0v) is 10.9. The highest BCUT2D eigenvalue weighted by molar-refractivity contribution is 5.04. The molecule has 2 N–H and O–H groups in total. The van der Waals surface area contributed by atoms with Crippen LogP contribution >= 0.6 is 0 Å². The molecule has 2 atom stereocenters. The van der Waals surface area contributed by atoms with Crippen LogP contribution < -0.4 is 5.73 Å². The van der Waals surface area contributed by atoms with Gasteiger partial charge in [0, 0.05) is 25.4 Å². The summed E-state index contributed by atoms with van der Waals surface area (Å²) in [5.74, 6) is 1.86. The predicted octanol–water partition coefficient (Wildman–Crippen LogP) is 1.62. The summed E-state index contributed by atoms with van der Waals surface area (Å²) in [7, 11) is 2.18. The van der Waals surface area contributed by atoms with Gasteiger partial charge < -0.3 is 15.1 Å². The molecule has 1 aliphatic rings. The normalized spacial score (nSPS) is 23.8. The van der Waals surface area contributed by atoms with E-state index in [2.05, 4.69) is 23.9 Å². The van der Waals surface area contributed by atoms with E-state index in [0.717, 1.165) is 24.6 Å². The standard InChI is InChI=1S/C13H23N3O/c1-10(7-14)12-9-17-13(15-12)6-11-4-3-5-16(2)8-11/h9-11H,3-8,14H2,1-2H3. The van der Waals surface area contributed by atoms with Crippen molar-refractivity contribution in [2.45, 2.75) is 32.1 Å². The zero-order chi connectivity index (χ0) is 12.3. The van der Waals surface area contributed by atoms with E-state index < -0.39 is 0 Å². The van der Waals surface area contributed by atoms with Gasteiger partial charge in [-0.05, 0) is 32.4 Å². The van der Waals surface area contributed by atoms with Gasteiger partial charge in [-0.2, -0.15) is 0 Å². The van der Waals surface area contributed by atoms with Crippen molar-refractivity contribution >= 4 is 0 Å². The minimum atomic E-state index is 0.293. The highest BCUT2D eigenvalue weighted by Gasteiger charge is 2.20. The molecule has 4 nitrogen and oxygen atoms in total. The number of hydrogen-bond donors (Lipinski definition) is 1. The lowest BCUT2D eigenvalue weighted by Crippen LogP contribution is -2.33. The molecule has 2 rings (SSSR count). The molecule has 1 aliphatic heterocycles. The summed E-state index contributed by atoms with van der Waals surface area (Å²) in [5.41, 5.74) is 6.62. The van der Waals surface area contributed by atoms with Crippen molar-refractivity contribution in [3.8, 4) is 0 Å². The molecule has 1 saturated heterocycles. The molecule has 17 heavy (non-hydrogen) atoms. The average molecular weight is 237 g/mol. The minimum absolute atomic E-state index is 0.293. The number of hydrogen-bond acceptors (Lipinski definition) is 4. The van der Waals surface area contributed by atoms with Crippen LogP contribution in [-0.4, -0.2) is 36.6 Å². The molecule has 2 heterocycles. The lowest BCUT2D eigenvalue weighted by molar-refractivity contribution is 0.202. The number of oxazole rings is 1. The quantitative estimate of drug-likeness (QED) is 0.864. The molecule has 0 bridgehead atoms. The van der Waals surface area contributed by atoms with Gasteiger partial charge in [-0.3, -0.25) is 0 Å². The summed E-state index contributed by atoms with van der Waals surface area (Å²) >= 11 is 0. The number of rotatable bonds is 4. The second-order valence-corrected chi connectivity index (χ2v) is 5.28. The van der Waals surface area contributed by atoms with Crippen LogP contribution in [0.3, 0.4) is 0 Å². The van der Waals surface area contributed by atoms with Crippen molar-refractivity contribution < 1.29 is 4.42 Å². The first-order valence-electron chi connectivity index (χ1n) is 6.52. The summed E-state index contributed by atoms with van der Waals surface area (Å²) in [6.45, 7) is 5.08. The van der Waals surface area contributed by atoms with Crippen LogP contribution in [-0.2, 0) is 6.42 Å². The van der Waals surface area contributed by atoms with E-state index >= 15 is 0 Å². The number of likely N-dealkylation sites (tertiary alicyclic amines) is 1. The highest BCUT2D eigenvalue weighted by atomic mass is 16.3. The Labute approximate surface area is 103 Å². The van der Waals surface area contributed by atoms with Crippen LogP contribution in [0.1, 0.15) is 37.3 Å². The average Bonchev–Trinajstić information content (AvgIpc) is 2.76. The van der Waals surface area contributed by atoms with Crippen molar-refractivity contribution in [1.82, 2.24) is 9.88 Å². The van der Waals surface area contributed by atoms with E-state index in [1.165, 1.54) is 19.4 Å². The van der Waals surface area contributed by atoms with E-state index in [9.17, 15) is 0 Å². The minimum Gasteiger partial charge on any atom is -0.449 e. The van der Waals surface area contributed by atoms with Crippen LogP contribution in [0.25, 0.3) is 0 Å². The molecule has 4 heteroatoms. The molecule has 2 unspecified atom stereocenters. The monoisotopic (exact) mass is 237 g/mol.